The number of carbonyl (C=O) groups excluding carboxylic acids is 2. The monoisotopic (exact) mass is 246 g/mol. The quantitative estimate of drug-likeness (QED) is 0.617. The average Bonchev–Trinajstić information content (AvgIpc) is 2.78. The largest absolute Gasteiger partial charge is 0.430 e. The summed E-state index contributed by atoms with van der Waals surface area (Å²) in [5, 5.41) is 0. The number of Topliss-reactive ketones (excluding diaryl/α,β-unsaturated/α-hetero) is 1. The fraction of sp³-hybridized carbons (Fsp3) is 0.733. The Labute approximate surface area is 107 Å². The van der Waals surface area contributed by atoms with Crippen molar-refractivity contribution < 1.29 is 14.3 Å². The van der Waals surface area contributed by atoms with Gasteiger partial charge in [-0.2, -0.15) is 0 Å². The molecule has 1 aliphatic heterocycles. The highest BCUT2D eigenvalue weighted by Gasteiger charge is 2.73. The van der Waals surface area contributed by atoms with Gasteiger partial charge in [-0.3, -0.25) is 9.59 Å². The first-order valence-electron chi connectivity index (χ1n) is 6.88. The van der Waals surface area contributed by atoms with E-state index in [1.807, 2.05) is 13.8 Å². The van der Waals surface area contributed by atoms with Crippen molar-refractivity contribution in [3.63, 3.8) is 0 Å². The Kier molecular flexibility index (Phi) is 1.63. The van der Waals surface area contributed by atoms with Gasteiger partial charge < -0.3 is 4.74 Å². The number of ether oxygens (including phenoxy) is 1. The van der Waals surface area contributed by atoms with Crippen molar-refractivity contribution in [3.05, 3.63) is 11.3 Å². The Bertz CT molecular complexity index is 532. The summed E-state index contributed by atoms with van der Waals surface area (Å²) in [7, 11) is 0. The SMILES string of the molecule is CC1=C2OC(=O)[C@@H](C)[C@]23CC[C@]2(C)[C@H]1C(=O)C[C@@H]23. The molecule has 4 aliphatic rings. The highest BCUT2D eigenvalue weighted by Crippen LogP contribution is 2.74. The fourth-order valence-corrected chi connectivity index (χ4v) is 5.66. The predicted molar refractivity (Wildman–Crippen MR) is 64.3 cm³/mol. The number of allylic oxidation sites excluding steroid dienone is 2. The number of carbonyl (C=O) groups is 2. The van der Waals surface area contributed by atoms with E-state index in [1.165, 1.54) is 0 Å². The Hall–Kier alpha value is -1.12. The van der Waals surface area contributed by atoms with Crippen molar-refractivity contribution in [2.45, 2.75) is 40.0 Å². The smallest absolute Gasteiger partial charge is 0.314 e. The van der Waals surface area contributed by atoms with Crippen LogP contribution in [0.1, 0.15) is 40.0 Å². The number of ketones is 1. The number of esters is 1. The minimum atomic E-state index is -0.154. The van der Waals surface area contributed by atoms with Crippen LogP contribution in [0.3, 0.4) is 0 Å². The molecule has 0 N–H and O–H groups in total. The highest BCUT2D eigenvalue weighted by atomic mass is 16.5. The molecule has 3 nitrogen and oxygen atoms in total. The van der Waals surface area contributed by atoms with E-state index in [-0.39, 0.29) is 28.6 Å². The van der Waals surface area contributed by atoms with Gasteiger partial charge in [-0.25, -0.2) is 0 Å². The Morgan fingerprint density at radius 2 is 2.00 bits per heavy atom. The molecule has 1 heterocycles. The van der Waals surface area contributed by atoms with Crippen LogP contribution in [0.4, 0.5) is 0 Å². The Balaban J connectivity index is 2.04. The van der Waals surface area contributed by atoms with Crippen LogP contribution < -0.4 is 0 Å². The second kappa shape index (κ2) is 2.73. The molecule has 96 valence electrons. The van der Waals surface area contributed by atoms with Gasteiger partial charge in [0.25, 0.3) is 0 Å². The molecular formula is C15H18O3. The van der Waals surface area contributed by atoms with Gasteiger partial charge in [-0.15, -0.1) is 0 Å². The maximum atomic E-state index is 12.3. The van der Waals surface area contributed by atoms with E-state index < -0.39 is 0 Å². The van der Waals surface area contributed by atoms with Crippen LogP contribution in [0, 0.1) is 28.6 Å². The van der Waals surface area contributed by atoms with Gasteiger partial charge in [0, 0.05) is 17.8 Å². The Morgan fingerprint density at radius 1 is 1.28 bits per heavy atom. The lowest BCUT2D eigenvalue weighted by Crippen LogP contribution is -2.40. The Morgan fingerprint density at radius 3 is 2.72 bits per heavy atom. The molecule has 4 rings (SSSR count). The molecule has 5 atom stereocenters. The minimum Gasteiger partial charge on any atom is -0.430 e. The lowest BCUT2D eigenvalue weighted by Gasteiger charge is -2.42. The van der Waals surface area contributed by atoms with E-state index in [2.05, 4.69) is 6.92 Å². The van der Waals surface area contributed by atoms with Crippen LogP contribution in [-0.4, -0.2) is 11.8 Å². The van der Waals surface area contributed by atoms with E-state index in [0.717, 1.165) is 24.2 Å². The van der Waals surface area contributed by atoms with Crippen LogP contribution in [0.15, 0.2) is 11.3 Å². The third-order valence-electron chi connectivity index (χ3n) is 6.42. The lowest BCUT2D eigenvalue weighted by atomic mass is 9.59. The summed E-state index contributed by atoms with van der Waals surface area (Å²) in [6.45, 7) is 6.23. The second-order valence-corrected chi connectivity index (χ2v) is 6.86. The molecule has 0 amide bonds. The van der Waals surface area contributed by atoms with Crippen LogP contribution >= 0.6 is 0 Å². The zero-order valence-corrected chi connectivity index (χ0v) is 11.1. The molecule has 0 radical (unpaired) electrons. The molecule has 4 bridgehead atoms. The molecule has 0 aromatic heterocycles. The van der Waals surface area contributed by atoms with E-state index in [1.54, 1.807) is 0 Å². The zero-order chi connectivity index (χ0) is 12.9. The van der Waals surface area contributed by atoms with E-state index in [0.29, 0.717) is 18.1 Å². The topological polar surface area (TPSA) is 43.4 Å². The molecular weight excluding hydrogens is 228 g/mol. The van der Waals surface area contributed by atoms with Crippen molar-refractivity contribution in [1.29, 1.82) is 0 Å². The summed E-state index contributed by atoms with van der Waals surface area (Å²) in [6, 6.07) is 0. The summed E-state index contributed by atoms with van der Waals surface area (Å²) >= 11 is 0. The summed E-state index contributed by atoms with van der Waals surface area (Å²) < 4.78 is 5.57. The predicted octanol–water partition coefficient (Wildman–Crippen LogP) is 2.46. The van der Waals surface area contributed by atoms with Crippen molar-refractivity contribution in [3.8, 4) is 0 Å². The molecule has 1 spiro atoms. The maximum absolute atomic E-state index is 12.3. The van der Waals surface area contributed by atoms with Gasteiger partial charge in [0.05, 0.1) is 5.92 Å². The molecule has 1 saturated heterocycles. The molecule has 3 aliphatic carbocycles. The third kappa shape index (κ3) is 0.799. The molecule has 0 unspecified atom stereocenters. The number of hydrogen-bond donors (Lipinski definition) is 0. The molecule has 18 heavy (non-hydrogen) atoms. The summed E-state index contributed by atoms with van der Waals surface area (Å²) in [5.74, 6) is 1.39. The summed E-state index contributed by atoms with van der Waals surface area (Å²) in [6.07, 6.45) is 2.70. The standard InChI is InChI=1S/C15H18O3/c1-7-11-9(16)6-10-14(11,3)4-5-15(10)8(2)13(17)18-12(7)15/h8,10-11H,4-6H2,1-3H3/t8-,10+,11-,14+,15+/m1/s1. The molecule has 0 aromatic carbocycles. The fourth-order valence-electron chi connectivity index (χ4n) is 5.66. The summed E-state index contributed by atoms with van der Waals surface area (Å²) in [5.41, 5.74) is 0.970. The molecule has 0 aromatic rings. The first-order valence-corrected chi connectivity index (χ1v) is 6.88. The van der Waals surface area contributed by atoms with Crippen molar-refractivity contribution in [2.75, 3.05) is 0 Å². The van der Waals surface area contributed by atoms with Gasteiger partial charge in [-0.1, -0.05) is 13.8 Å². The normalized spacial score (nSPS) is 52.9. The number of rotatable bonds is 0. The van der Waals surface area contributed by atoms with Crippen LogP contribution in [0.25, 0.3) is 0 Å². The van der Waals surface area contributed by atoms with E-state index in [9.17, 15) is 9.59 Å². The van der Waals surface area contributed by atoms with Crippen LogP contribution in [-0.2, 0) is 14.3 Å². The van der Waals surface area contributed by atoms with Gasteiger partial charge in [-0.05, 0) is 36.7 Å². The first-order chi connectivity index (χ1) is 8.43. The maximum Gasteiger partial charge on any atom is 0.314 e. The van der Waals surface area contributed by atoms with Crippen LogP contribution in [0.2, 0.25) is 0 Å². The van der Waals surface area contributed by atoms with Gasteiger partial charge >= 0.3 is 5.97 Å². The van der Waals surface area contributed by atoms with E-state index in [4.69, 9.17) is 4.74 Å². The van der Waals surface area contributed by atoms with Crippen molar-refractivity contribution in [1.82, 2.24) is 0 Å². The minimum absolute atomic E-state index is 0.00576. The molecule has 3 fully saturated rings. The molecule has 3 heteroatoms. The summed E-state index contributed by atoms with van der Waals surface area (Å²) in [4.78, 5) is 24.3. The first kappa shape index (κ1) is 10.8. The second-order valence-electron chi connectivity index (χ2n) is 6.86. The average molecular weight is 246 g/mol. The zero-order valence-electron chi connectivity index (χ0n) is 11.1. The van der Waals surface area contributed by atoms with Gasteiger partial charge in [0.2, 0.25) is 0 Å². The molecule has 2 saturated carbocycles. The van der Waals surface area contributed by atoms with Crippen molar-refractivity contribution >= 4 is 11.8 Å². The third-order valence-corrected chi connectivity index (χ3v) is 6.42. The van der Waals surface area contributed by atoms with Crippen molar-refractivity contribution in [2.24, 2.45) is 28.6 Å². The highest BCUT2D eigenvalue weighted by molar-refractivity contribution is 5.91. The van der Waals surface area contributed by atoms with Crippen LogP contribution in [0.5, 0.6) is 0 Å². The van der Waals surface area contributed by atoms with Gasteiger partial charge in [0.15, 0.2) is 0 Å². The number of hydrogen-bond acceptors (Lipinski definition) is 3. The van der Waals surface area contributed by atoms with Gasteiger partial charge in [0.1, 0.15) is 11.5 Å². The lowest BCUT2D eigenvalue weighted by molar-refractivity contribution is -0.139. The van der Waals surface area contributed by atoms with E-state index >= 15 is 0 Å².